The zero-order chi connectivity index (χ0) is 48.4. The smallest absolute Gasteiger partial charge is 0.273 e. The number of halogens is 1. The first kappa shape index (κ1) is 50.1. The molecule has 2 aliphatic rings. The molecular weight excluding hydrogens is 924 g/mol. The lowest BCUT2D eigenvalue weighted by atomic mass is 9.73. The summed E-state index contributed by atoms with van der Waals surface area (Å²) in [5, 5.41) is 16.5. The molecule has 0 bridgehead atoms. The van der Waals surface area contributed by atoms with Crippen molar-refractivity contribution in [3.8, 4) is 0 Å². The molecule has 2 amide bonds. The summed E-state index contributed by atoms with van der Waals surface area (Å²) in [6.07, 6.45) is 8.79. The number of benzene rings is 2. The minimum Gasteiger partial charge on any atom is -0.382 e. The summed E-state index contributed by atoms with van der Waals surface area (Å²) in [7, 11) is -2.36. The molecule has 7 N–H and O–H groups in total. The second kappa shape index (κ2) is 21.5. The van der Waals surface area contributed by atoms with E-state index in [2.05, 4.69) is 62.9 Å². The Hall–Kier alpha value is -6.33. The average Bonchev–Trinajstić information content (AvgIpc) is 3.87. The summed E-state index contributed by atoms with van der Waals surface area (Å²) < 4.78 is 59.3. The van der Waals surface area contributed by atoms with Gasteiger partial charge >= 0.3 is 0 Å². The van der Waals surface area contributed by atoms with Crippen LogP contribution in [-0.2, 0) is 29.9 Å². The SMILES string of the molecule is Cc1noc(C)c1S(=O)(=O)Cl.Cc1noc(C)c1S(=O)(=O)N1CCC(CNC(=O)c2nccnc2N)(c2ccccc2)CC1.Nc1nccnc1C(=O)NCC1(c2ccccc2)CCNCC1. The van der Waals surface area contributed by atoms with Gasteiger partial charge < -0.3 is 36.5 Å². The van der Waals surface area contributed by atoms with Crippen LogP contribution in [-0.4, -0.2) is 102 Å². The fourth-order valence-electron chi connectivity index (χ4n) is 8.29. The molecule has 2 aliphatic heterocycles. The van der Waals surface area contributed by atoms with Crippen molar-refractivity contribution in [3.05, 3.63) is 131 Å². The molecule has 8 rings (SSSR count). The van der Waals surface area contributed by atoms with Gasteiger partial charge in [0.2, 0.25) is 10.0 Å². The molecule has 4 aromatic heterocycles. The fraction of sp³-hybridized carbons (Fsp3) is 0.364. The van der Waals surface area contributed by atoms with Crippen molar-refractivity contribution < 1.29 is 35.5 Å². The molecule has 0 radical (unpaired) electrons. The van der Waals surface area contributed by atoms with E-state index in [0.29, 0.717) is 44.7 Å². The van der Waals surface area contributed by atoms with Crippen LogP contribution in [0.5, 0.6) is 0 Å². The van der Waals surface area contributed by atoms with Crippen molar-refractivity contribution in [1.29, 1.82) is 0 Å². The Labute approximate surface area is 393 Å². The number of nitrogens with one attached hydrogen (secondary N) is 3. The van der Waals surface area contributed by atoms with Crippen molar-refractivity contribution >= 4 is 53.2 Å². The van der Waals surface area contributed by atoms with E-state index < -0.39 is 30.4 Å². The molecule has 0 unspecified atom stereocenters. The summed E-state index contributed by atoms with van der Waals surface area (Å²) in [6, 6.07) is 20.2. The maximum atomic E-state index is 13.3. The Bertz CT molecular complexity index is 2830. The lowest BCUT2D eigenvalue weighted by Crippen LogP contribution is -2.50. The van der Waals surface area contributed by atoms with Crippen molar-refractivity contribution in [2.24, 2.45) is 0 Å². The van der Waals surface area contributed by atoms with Gasteiger partial charge in [0.25, 0.3) is 20.9 Å². The number of aromatic nitrogens is 6. The van der Waals surface area contributed by atoms with Gasteiger partial charge in [0.05, 0.1) is 0 Å². The topological polar surface area (TPSA) is 297 Å². The second-order valence-electron chi connectivity index (χ2n) is 16.1. The highest BCUT2D eigenvalue weighted by molar-refractivity contribution is 8.13. The summed E-state index contributed by atoms with van der Waals surface area (Å²) >= 11 is 0. The Morgan fingerprint density at radius 1 is 0.657 bits per heavy atom. The molecule has 67 heavy (non-hydrogen) atoms. The first-order chi connectivity index (χ1) is 31.9. The zero-order valence-corrected chi connectivity index (χ0v) is 39.8. The number of nitrogens with two attached hydrogens (primary N) is 2. The predicted octanol–water partition coefficient (Wildman–Crippen LogP) is 4.15. The largest absolute Gasteiger partial charge is 0.382 e. The molecule has 20 nitrogen and oxygen atoms in total. The number of carbonyl (C=O) groups excluding carboxylic acids is 2. The number of hydrogen-bond acceptors (Lipinski definition) is 17. The fourth-order valence-corrected chi connectivity index (χ4v) is 11.5. The van der Waals surface area contributed by atoms with Crippen molar-refractivity contribution in [1.82, 2.24) is 50.5 Å². The standard InChI is InChI=1S/C22H26N6O4S.C17H21N5O.C5H6ClNO3S/c1-15-19(16(2)32-27-15)33(30,31)28-12-8-22(9-13-28,17-6-4-3-5-7-17)14-26-21(29)18-20(23)25-11-10-24-18;18-15-14(20-10-11-21-15)16(23)22-12-17(6-8-19-9-7-17)13-4-2-1-3-5-13;1-3-5(11(6,8)9)4(2)10-7-3/h3-7,10-11H,8-9,12-14H2,1-2H3,(H2,23,25)(H,26,29);1-5,10-11,19H,6-9,12H2,(H2,18,21)(H,22,23);1-2H3. The molecule has 2 saturated heterocycles. The van der Waals surface area contributed by atoms with Gasteiger partial charge in [0, 0.05) is 72.5 Å². The van der Waals surface area contributed by atoms with E-state index in [1.807, 2.05) is 48.5 Å². The van der Waals surface area contributed by atoms with Crippen LogP contribution in [0.2, 0.25) is 0 Å². The van der Waals surface area contributed by atoms with Crippen LogP contribution in [0, 0.1) is 27.7 Å². The van der Waals surface area contributed by atoms with Crippen molar-refractivity contribution in [2.75, 3.05) is 50.7 Å². The molecule has 6 aromatic rings. The van der Waals surface area contributed by atoms with E-state index in [4.69, 9.17) is 26.7 Å². The van der Waals surface area contributed by atoms with E-state index in [1.165, 1.54) is 48.5 Å². The molecule has 356 valence electrons. The zero-order valence-electron chi connectivity index (χ0n) is 37.4. The van der Waals surface area contributed by atoms with Gasteiger partial charge in [-0.15, -0.1) is 0 Å². The highest BCUT2D eigenvalue weighted by atomic mass is 35.7. The third-order valence-corrected chi connectivity index (χ3v) is 15.5. The Balaban J connectivity index is 0.000000188. The summed E-state index contributed by atoms with van der Waals surface area (Å²) in [6.45, 7) is 9.58. The summed E-state index contributed by atoms with van der Waals surface area (Å²) in [5.74, 6) is 0.0260. The van der Waals surface area contributed by atoms with E-state index in [1.54, 1.807) is 13.8 Å². The van der Waals surface area contributed by atoms with Gasteiger partial charge in [0.1, 0.15) is 21.2 Å². The third-order valence-electron chi connectivity index (χ3n) is 11.8. The molecule has 23 heteroatoms. The van der Waals surface area contributed by atoms with Crippen LogP contribution >= 0.6 is 10.7 Å². The van der Waals surface area contributed by atoms with Crippen molar-refractivity contribution in [3.63, 3.8) is 0 Å². The van der Waals surface area contributed by atoms with Gasteiger partial charge in [-0.25, -0.2) is 36.8 Å². The molecule has 0 aliphatic carbocycles. The van der Waals surface area contributed by atoms with Crippen LogP contribution in [0.4, 0.5) is 11.6 Å². The van der Waals surface area contributed by atoms with Gasteiger partial charge in [-0.2, -0.15) is 4.31 Å². The first-order valence-electron chi connectivity index (χ1n) is 21.2. The number of nitrogen functional groups attached to an aromatic ring is 2. The van der Waals surface area contributed by atoms with Crippen LogP contribution in [0.1, 0.15) is 80.7 Å². The minimum absolute atomic E-state index is 0.0285. The number of aryl methyl sites for hydroxylation is 4. The highest BCUT2D eigenvalue weighted by Crippen LogP contribution is 2.38. The number of rotatable bonds is 11. The normalized spacial score (nSPS) is 15.8. The van der Waals surface area contributed by atoms with Crippen molar-refractivity contribution in [2.45, 2.75) is 74.0 Å². The number of nitrogens with zero attached hydrogens (tertiary/aromatic N) is 7. The number of sulfonamides is 1. The van der Waals surface area contributed by atoms with Crippen LogP contribution in [0.3, 0.4) is 0 Å². The van der Waals surface area contributed by atoms with E-state index >= 15 is 0 Å². The summed E-state index contributed by atoms with van der Waals surface area (Å²) in [4.78, 5) is 41.1. The molecule has 6 heterocycles. The van der Waals surface area contributed by atoms with Gasteiger partial charge in [-0.1, -0.05) is 71.0 Å². The van der Waals surface area contributed by atoms with Crippen LogP contribution in [0.15, 0.2) is 104 Å². The van der Waals surface area contributed by atoms with Crippen LogP contribution in [0.25, 0.3) is 0 Å². The van der Waals surface area contributed by atoms with Gasteiger partial charge in [0.15, 0.2) is 34.5 Å². The third kappa shape index (κ3) is 11.8. The maximum absolute atomic E-state index is 13.3. The quantitative estimate of drug-likeness (QED) is 0.114. The number of amides is 2. The number of hydrogen-bond donors (Lipinski definition) is 5. The molecule has 0 spiro atoms. The molecule has 0 atom stereocenters. The van der Waals surface area contributed by atoms with E-state index in [9.17, 15) is 26.4 Å². The lowest BCUT2D eigenvalue weighted by molar-refractivity contribution is 0.0923. The number of carbonyl (C=O) groups is 2. The van der Waals surface area contributed by atoms with E-state index in [0.717, 1.165) is 31.5 Å². The predicted molar refractivity (Wildman–Crippen MR) is 249 cm³/mol. The molecule has 2 aromatic carbocycles. The van der Waals surface area contributed by atoms with Gasteiger partial charge in [-0.05, 0) is 77.6 Å². The minimum atomic E-state index is -3.74. The Morgan fingerprint density at radius 3 is 1.43 bits per heavy atom. The lowest BCUT2D eigenvalue weighted by Gasteiger charge is -2.41. The number of piperidine rings is 2. The molecule has 2 fully saturated rings. The number of anilines is 2. The second-order valence-corrected chi connectivity index (χ2v) is 20.5. The summed E-state index contributed by atoms with van der Waals surface area (Å²) in [5.41, 5.74) is 14.2. The monoisotopic (exact) mass is 976 g/mol. The average molecular weight is 978 g/mol. The molecular formula is C44H53ClN12O8S2. The van der Waals surface area contributed by atoms with Crippen LogP contribution < -0.4 is 27.4 Å². The Morgan fingerprint density at radius 2 is 1.06 bits per heavy atom. The maximum Gasteiger partial charge on any atom is 0.273 e. The van der Waals surface area contributed by atoms with Gasteiger partial charge in [-0.3, -0.25) is 9.59 Å². The highest BCUT2D eigenvalue weighted by Gasteiger charge is 2.42. The molecule has 0 saturated carbocycles. The Kier molecular flexibility index (Phi) is 16.1. The van der Waals surface area contributed by atoms with E-state index in [-0.39, 0.29) is 61.4 Å². The first-order valence-corrected chi connectivity index (χ1v) is 25.0.